The summed E-state index contributed by atoms with van der Waals surface area (Å²) in [5.74, 6) is -2.65. The average molecular weight is 470 g/mol. The molecule has 1 aromatic rings. The van der Waals surface area contributed by atoms with Crippen molar-refractivity contribution in [1.29, 1.82) is 5.41 Å². The molecule has 1 aromatic heterocycles. The Kier molecular flexibility index (Phi) is 6.33. The molecule has 1 saturated heterocycles. The van der Waals surface area contributed by atoms with Crippen LogP contribution in [0, 0.1) is 5.41 Å². The number of amides is 2. The molecule has 2 amide bonds. The van der Waals surface area contributed by atoms with Gasteiger partial charge >= 0.3 is 5.97 Å². The summed E-state index contributed by atoms with van der Waals surface area (Å²) in [6.45, 7) is 0. The number of thiazole rings is 1. The van der Waals surface area contributed by atoms with Gasteiger partial charge in [0.15, 0.2) is 10.8 Å². The molecule has 2 atom stereocenters. The van der Waals surface area contributed by atoms with Gasteiger partial charge in [-0.15, -0.1) is 23.1 Å². The van der Waals surface area contributed by atoms with Crippen LogP contribution in [0.15, 0.2) is 32.6 Å². The molecule has 0 aliphatic carbocycles. The standard InChI is InChI=1S/C15H15N7O5S3/c16-7(17)1-2-28-6-4-29-13-9(12(24)22(13)10(6)14(25)26)20-11(23)8(21-27)5-3-30-15(18)19-5/h1-3,9,13,27H,4H2,(H3,16,17)(H2,18,19)(H,20,23)(H,25,26)/b2-1-,21-8-/t9?,13-/m1/s1. The molecule has 1 unspecified atom stereocenters. The minimum Gasteiger partial charge on any atom is -0.477 e. The van der Waals surface area contributed by atoms with Gasteiger partial charge in [-0.25, -0.2) is 9.78 Å². The third-order valence-corrected chi connectivity index (χ3v) is 6.99. The molecule has 2 aliphatic heterocycles. The number of carboxylic acid groups (broad SMARTS) is 1. The number of aromatic nitrogens is 1. The number of anilines is 1. The van der Waals surface area contributed by atoms with Gasteiger partial charge in [0.1, 0.15) is 28.6 Å². The largest absolute Gasteiger partial charge is 0.477 e. The van der Waals surface area contributed by atoms with Gasteiger partial charge in [-0.05, 0) is 11.5 Å². The molecule has 3 heterocycles. The average Bonchev–Trinajstić information content (AvgIpc) is 3.11. The molecular weight excluding hydrogens is 454 g/mol. The van der Waals surface area contributed by atoms with Crippen molar-refractivity contribution in [3.05, 3.63) is 33.2 Å². The highest BCUT2D eigenvalue weighted by atomic mass is 32.2. The Bertz CT molecular complexity index is 1020. The van der Waals surface area contributed by atoms with Gasteiger partial charge in [-0.3, -0.25) is 19.9 Å². The van der Waals surface area contributed by atoms with E-state index < -0.39 is 34.9 Å². The van der Waals surface area contributed by atoms with Crippen LogP contribution in [0.2, 0.25) is 0 Å². The number of amidine groups is 1. The van der Waals surface area contributed by atoms with Crippen molar-refractivity contribution < 1.29 is 24.7 Å². The summed E-state index contributed by atoms with van der Waals surface area (Å²) < 4.78 is 0. The number of β-lactam (4-membered cyclic amide) rings is 1. The van der Waals surface area contributed by atoms with Crippen molar-refractivity contribution in [2.24, 2.45) is 10.9 Å². The number of rotatable bonds is 7. The molecule has 0 aromatic carbocycles. The first-order valence-corrected chi connectivity index (χ1v) is 10.9. The van der Waals surface area contributed by atoms with Crippen molar-refractivity contribution in [3.8, 4) is 0 Å². The molecule has 2 aliphatic rings. The fraction of sp³-hybridized carbons (Fsp3) is 0.200. The minimum absolute atomic E-state index is 0.0551. The Morgan fingerprint density at radius 3 is 2.80 bits per heavy atom. The SMILES string of the molecule is N=C(N)/C=C\SC1=C(C(=O)O)N2C(=O)C(NC(=O)/C(=N\O)c3csc(N)n3)[C@H]2SC1. The van der Waals surface area contributed by atoms with Gasteiger partial charge in [0.25, 0.3) is 11.8 Å². The Hall–Kier alpha value is -3.04. The lowest BCUT2D eigenvalue weighted by Crippen LogP contribution is -2.71. The Morgan fingerprint density at radius 2 is 2.23 bits per heavy atom. The van der Waals surface area contributed by atoms with Crippen LogP contribution in [-0.4, -0.2) is 66.7 Å². The molecule has 3 rings (SSSR count). The van der Waals surface area contributed by atoms with Crippen molar-refractivity contribution in [1.82, 2.24) is 15.2 Å². The van der Waals surface area contributed by atoms with Gasteiger partial charge in [0.05, 0.1) is 0 Å². The van der Waals surface area contributed by atoms with Gasteiger partial charge in [0, 0.05) is 16.0 Å². The summed E-state index contributed by atoms with van der Waals surface area (Å²) in [6.07, 6.45) is 1.30. The van der Waals surface area contributed by atoms with E-state index in [4.69, 9.17) is 22.1 Å². The van der Waals surface area contributed by atoms with E-state index >= 15 is 0 Å². The number of oxime groups is 1. The number of nitrogens with two attached hydrogens (primary N) is 2. The van der Waals surface area contributed by atoms with Gasteiger partial charge < -0.3 is 27.1 Å². The summed E-state index contributed by atoms with van der Waals surface area (Å²) in [5, 5.41) is 33.7. The van der Waals surface area contributed by atoms with Crippen LogP contribution >= 0.6 is 34.9 Å². The second-order valence-electron chi connectivity index (χ2n) is 5.83. The molecule has 1 fully saturated rings. The van der Waals surface area contributed by atoms with E-state index in [-0.39, 0.29) is 28.1 Å². The maximum Gasteiger partial charge on any atom is 0.353 e. The first kappa shape index (κ1) is 21.7. The Labute approximate surface area is 181 Å². The number of hydrogen-bond acceptors (Lipinski definition) is 11. The lowest BCUT2D eigenvalue weighted by Gasteiger charge is -2.49. The van der Waals surface area contributed by atoms with Crippen LogP contribution in [0.5, 0.6) is 0 Å². The van der Waals surface area contributed by atoms with Crippen molar-refractivity contribution >= 4 is 69.3 Å². The van der Waals surface area contributed by atoms with Crippen molar-refractivity contribution in [2.45, 2.75) is 11.4 Å². The molecule has 158 valence electrons. The van der Waals surface area contributed by atoms with Gasteiger partial charge in [0.2, 0.25) is 0 Å². The number of carboxylic acids is 1. The Morgan fingerprint density at radius 1 is 1.50 bits per heavy atom. The zero-order valence-electron chi connectivity index (χ0n) is 14.9. The second-order valence-corrected chi connectivity index (χ2v) is 8.83. The first-order chi connectivity index (χ1) is 14.2. The molecule has 15 heteroatoms. The zero-order chi connectivity index (χ0) is 22.0. The highest BCUT2D eigenvalue weighted by Gasteiger charge is 2.54. The molecular formula is C15H15N7O5S3. The van der Waals surface area contributed by atoms with Crippen LogP contribution in [-0.2, 0) is 14.4 Å². The van der Waals surface area contributed by atoms with E-state index in [1.54, 1.807) is 0 Å². The smallest absolute Gasteiger partial charge is 0.353 e. The summed E-state index contributed by atoms with van der Waals surface area (Å²) >= 11 is 3.37. The minimum atomic E-state index is -1.28. The number of thioether (sulfide) groups is 2. The van der Waals surface area contributed by atoms with E-state index in [0.717, 1.165) is 28.0 Å². The van der Waals surface area contributed by atoms with E-state index in [9.17, 15) is 19.5 Å². The van der Waals surface area contributed by atoms with E-state index in [1.807, 2.05) is 0 Å². The predicted octanol–water partition coefficient (Wildman–Crippen LogP) is -0.217. The summed E-state index contributed by atoms with van der Waals surface area (Å²) in [4.78, 5) is 42.2. The molecule has 30 heavy (non-hydrogen) atoms. The lowest BCUT2D eigenvalue weighted by atomic mass is 10.0. The van der Waals surface area contributed by atoms with Gasteiger partial charge in [-0.1, -0.05) is 16.9 Å². The highest BCUT2D eigenvalue weighted by Crippen LogP contribution is 2.43. The van der Waals surface area contributed by atoms with Crippen LogP contribution in [0.4, 0.5) is 5.13 Å². The Balaban J connectivity index is 1.76. The predicted molar refractivity (Wildman–Crippen MR) is 113 cm³/mol. The van der Waals surface area contributed by atoms with Crippen molar-refractivity contribution in [2.75, 3.05) is 11.5 Å². The van der Waals surface area contributed by atoms with Crippen LogP contribution in [0.1, 0.15) is 5.69 Å². The molecule has 0 saturated carbocycles. The maximum atomic E-state index is 12.6. The van der Waals surface area contributed by atoms with E-state index in [1.165, 1.54) is 28.6 Å². The fourth-order valence-corrected chi connectivity index (χ4v) is 5.58. The summed E-state index contributed by atoms with van der Waals surface area (Å²) in [5.41, 5.74) is 10.2. The normalized spacial score (nSPS) is 21.4. The molecule has 0 spiro atoms. The van der Waals surface area contributed by atoms with Crippen molar-refractivity contribution in [3.63, 3.8) is 0 Å². The topological polar surface area (TPSA) is 208 Å². The van der Waals surface area contributed by atoms with Crippen LogP contribution in [0.25, 0.3) is 0 Å². The number of carbonyl (C=O) groups is 3. The number of hydrogen-bond donors (Lipinski definition) is 6. The number of nitrogen functional groups attached to an aromatic ring is 1. The van der Waals surface area contributed by atoms with Crippen LogP contribution < -0.4 is 16.8 Å². The molecule has 8 N–H and O–H groups in total. The number of fused-ring (bicyclic) bond motifs is 1. The monoisotopic (exact) mass is 469 g/mol. The van der Waals surface area contributed by atoms with E-state index in [0.29, 0.717) is 4.91 Å². The van der Waals surface area contributed by atoms with Crippen LogP contribution in [0.3, 0.4) is 0 Å². The highest BCUT2D eigenvalue weighted by molar-refractivity contribution is 8.08. The summed E-state index contributed by atoms with van der Waals surface area (Å²) in [6, 6.07) is -0.996. The third-order valence-electron chi connectivity index (χ3n) is 3.96. The number of carbonyl (C=O) groups excluding carboxylic acids is 2. The summed E-state index contributed by atoms with van der Waals surface area (Å²) in [7, 11) is 0. The van der Waals surface area contributed by atoms with E-state index in [2.05, 4.69) is 15.5 Å². The molecule has 0 radical (unpaired) electrons. The quantitative estimate of drug-likeness (QED) is 0.102. The second kappa shape index (κ2) is 8.76. The number of nitrogens with zero attached hydrogens (tertiary/aromatic N) is 3. The molecule has 0 bridgehead atoms. The maximum absolute atomic E-state index is 12.6. The fourth-order valence-electron chi connectivity index (χ4n) is 2.69. The first-order valence-electron chi connectivity index (χ1n) is 8.07. The molecule has 12 nitrogen and oxygen atoms in total. The number of nitrogens with one attached hydrogen (secondary N) is 2. The zero-order valence-corrected chi connectivity index (χ0v) is 17.4. The van der Waals surface area contributed by atoms with Gasteiger partial charge in [-0.2, -0.15) is 0 Å². The number of aliphatic carboxylic acids is 1. The third kappa shape index (κ3) is 4.12. The lowest BCUT2D eigenvalue weighted by molar-refractivity contribution is -0.150.